The number of rotatable bonds is 14. The molecule has 25 heteroatoms. The van der Waals surface area contributed by atoms with Gasteiger partial charge in [0.1, 0.15) is 28.7 Å². The summed E-state index contributed by atoms with van der Waals surface area (Å²) in [5.74, 6) is -1.03. The third-order valence-electron chi connectivity index (χ3n) is 14.6. The molecule has 0 radical (unpaired) electrons. The van der Waals surface area contributed by atoms with Gasteiger partial charge in [-0.15, -0.1) is 0 Å². The van der Waals surface area contributed by atoms with Crippen LogP contribution in [0.2, 0.25) is 0 Å². The van der Waals surface area contributed by atoms with Gasteiger partial charge in [-0.1, -0.05) is 18.6 Å². The quantitative estimate of drug-likeness (QED) is 0.0502. The topological polar surface area (TPSA) is 291 Å². The molecule has 1 fully saturated rings. The van der Waals surface area contributed by atoms with Gasteiger partial charge >= 0.3 is 17.9 Å². The number of alkyl halides is 3. The monoisotopic (exact) mass is 1170 g/mol. The Labute approximate surface area is 484 Å². The number of amides is 3. The van der Waals surface area contributed by atoms with Crippen molar-refractivity contribution >= 4 is 51.2 Å². The minimum Gasteiger partial charge on any atom is -0.508 e. The molecule has 3 amide bonds. The van der Waals surface area contributed by atoms with E-state index >= 15 is 0 Å². The Bertz CT molecular complexity index is 3970. The summed E-state index contributed by atoms with van der Waals surface area (Å²) in [4.78, 5) is 66.4. The summed E-state index contributed by atoms with van der Waals surface area (Å²) in [7, 11) is 4.35. The molecule has 85 heavy (non-hydrogen) atoms. The van der Waals surface area contributed by atoms with Gasteiger partial charge in [0.05, 0.1) is 30.1 Å². The van der Waals surface area contributed by atoms with Crippen LogP contribution < -0.4 is 31.0 Å². The second-order valence-corrected chi connectivity index (χ2v) is 21.1. The van der Waals surface area contributed by atoms with Gasteiger partial charge in [-0.3, -0.25) is 19.3 Å². The lowest BCUT2D eigenvalue weighted by atomic mass is 9.88. The third kappa shape index (κ3) is 12.4. The zero-order chi connectivity index (χ0) is 61.4. The number of carbonyl (C=O) groups excluding carboxylic acids is 3. The minimum atomic E-state index is -4.66. The number of nitrogens with zero attached hydrogens (tertiary/aromatic N) is 7. The lowest BCUT2D eigenvalue weighted by Gasteiger charge is -2.47. The van der Waals surface area contributed by atoms with Gasteiger partial charge in [0.25, 0.3) is 11.8 Å². The predicted molar refractivity (Wildman–Crippen MR) is 305 cm³/mol. The van der Waals surface area contributed by atoms with Crippen molar-refractivity contribution in [1.82, 2.24) is 29.3 Å². The molecule has 0 saturated carbocycles. The van der Waals surface area contributed by atoms with Gasteiger partial charge in [0.2, 0.25) is 12.2 Å². The average molecular weight is 1170 g/mol. The molecule has 7 heterocycles. The maximum Gasteiger partial charge on any atom is 0.435 e. The molecular formula is C60H62F3N9O13. The Balaban J connectivity index is 0.000000204. The van der Waals surface area contributed by atoms with E-state index in [0.29, 0.717) is 70.7 Å². The van der Waals surface area contributed by atoms with Gasteiger partial charge < -0.3 is 63.9 Å². The molecule has 0 bridgehead atoms. The maximum atomic E-state index is 14.2. The minimum absolute atomic E-state index is 0.0183. The second-order valence-electron chi connectivity index (χ2n) is 21.1. The number of allylic oxidation sites excluding steroid dienone is 2. The molecule has 22 nitrogen and oxygen atoms in total. The van der Waals surface area contributed by atoms with E-state index < -0.39 is 71.1 Å². The van der Waals surface area contributed by atoms with Crippen LogP contribution >= 0.6 is 0 Å². The molecule has 6 N–H and O–H groups in total. The number of nitrogens with one attached hydrogen (secondary N) is 1. The van der Waals surface area contributed by atoms with Gasteiger partial charge in [-0.05, 0) is 131 Å². The van der Waals surface area contributed by atoms with Crippen molar-refractivity contribution in [3.63, 3.8) is 0 Å². The van der Waals surface area contributed by atoms with E-state index in [9.17, 15) is 47.7 Å². The van der Waals surface area contributed by atoms with Crippen LogP contribution in [0.5, 0.6) is 23.1 Å². The Morgan fingerprint density at radius 2 is 1.75 bits per heavy atom. The molecular weight excluding hydrogens is 1110 g/mol. The van der Waals surface area contributed by atoms with Crippen molar-refractivity contribution in [1.29, 1.82) is 0 Å². The molecule has 5 aromatic heterocycles. The van der Waals surface area contributed by atoms with Crippen LogP contribution in [0.1, 0.15) is 89.0 Å². The van der Waals surface area contributed by atoms with Gasteiger partial charge in [0, 0.05) is 85.4 Å². The Hall–Kier alpha value is -9.33. The Morgan fingerprint density at radius 3 is 2.42 bits per heavy atom. The molecule has 0 spiro atoms. The van der Waals surface area contributed by atoms with Crippen molar-refractivity contribution < 1.29 is 71.0 Å². The number of methoxy groups -OCH3 is 2. The first kappa shape index (κ1) is 60.3. The van der Waals surface area contributed by atoms with Crippen molar-refractivity contribution in [2.45, 2.75) is 104 Å². The first-order chi connectivity index (χ1) is 40.3. The van der Waals surface area contributed by atoms with E-state index in [2.05, 4.69) is 25.4 Å². The first-order valence-corrected chi connectivity index (χ1v) is 26.8. The first-order valence-electron chi connectivity index (χ1n) is 26.8. The number of aromatic hydroxyl groups is 2. The lowest BCUT2D eigenvalue weighted by Crippen LogP contribution is -2.65. The molecule has 0 aliphatic carbocycles. The van der Waals surface area contributed by atoms with E-state index in [0.717, 1.165) is 21.3 Å². The van der Waals surface area contributed by atoms with Crippen molar-refractivity contribution in [2.75, 3.05) is 31.0 Å². The molecule has 446 valence electrons. The summed E-state index contributed by atoms with van der Waals surface area (Å²) < 4.78 is 78.4. The van der Waals surface area contributed by atoms with Crippen LogP contribution in [-0.2, 0) is 53.2 Å². The number of nitrogens with two attached hydrogens (primary N) is 1. The number of primary amides is 1. The summed E-state index contributed by atoms with van der Waals surface area (Å²) >= 11 is 0. The number of imidazole rings is 1. The molecule has 4 atom stereocenters. The fourth-order valence-corrected chi connectivity index (χ4v) is 10.5. The normalized spacial score (nSPS) is 17.4. The molecule has 2 aliphatic rings. The smallest absolute Gasteiger partial charge is 0.435 e. The van der Waals surface area contributed by atoms with Crippen LogP contribution in [0, 0.1) is 6.92 Å². The number of benzene rings is 3. The number of fused-ring (bicyclic) bond motifs is 3. The summed E-state index contributed by atoms with van der Waals surface area (Å²) in [6, 6.07) is 14.3. The largest absolute Gasteiger partial charge is 0.508 e. The highest BCUT2D eigenvalue weighted by Gasteiger charge is 2.53. The SMILES string of the molecule is CCc1cc2c(N3CCc4c(cc(Cn5ccnc5)cc4-c4cn(C)nc4C(F)(F)F)C3=O)ccnc2c(OC)n1.COC1C(OC(N)=O)C(O)C(Oc2ccc3c(O)c(NC(=O)c4ccc(O)c(CC=C(C)C)c4)c(=O)oc3c2C)OC1(C)C. The highest BCUT2D eigenvalue weighted by Crippen LogP contribution is 2.43. The standard InChI is InChI=1S/C31H36N2O11.C29H26F3N7O2/c1-14(2)7-8-16-13-17(9-11-19(16)34)27(37)33-21-22(35)18-10-12-20(15(3)24(18)42-28(21)38)41-29-23(36)25(43-30(32)39)26(40-6)31(4,5)44-29;1-4-18-13-22-24(5-7-34-25(22)27(35-18)41-3)39-9-6-19-20(23-15-37(2)36-26(23)29(30,31)32)11-17(12-21(19)28(39)40)14-38-10-8-33-16-38/h7,9-13,23,25-26,29,34-36H,8H2,1-6H3,(H2,32,39)(H,33,37);5,7-8,10-13,15-16H,4,6,9,14H2,1-3H3. The van der Waals surface area contributed by atoms with Gasteiger partial charge in [0.15, 0.2) is 29.3 Å². The van der Waals surface area contributed by atoms with Crippen LogP contribution in [0.4, 0.5) is 29.3 Å². The number of phenols is 1. The molecule has 3 aromatic carbocycles. The number of anilines is 2. The predicted octanol–water partition coefficient (Wildman–Crippen LogP) is 8.69. The number of hydrogen-bond donors (Lipinski definition) is 5. The van der Waals surface area contributed by atoms with Crippen LogP contribution in [0.15, 0.2) is 107 Å². The Kier molecular flexibility index (Phi) is 17.1. The number of ether oxygens (including phenoxy) is 5. The molecule has 1 saturated heterocycles. The number of halogens is 3. The number of carbonyl (C=O) groups is 3. The van der Waals surface area contributed by atoms with Crippen molar-refractivity contribution in [3.8, 4) is 34.3 Å². The van der Waals surface area contributed by atoms with Gasteiger partial charge in [-0.2, -0.15) is 18.3 Å². The number of aliphatic hydroxyl groups is 1. The maximum absolute atomic E-state index is 14.2. The molecule has 4 unspecified atom stereocenters. The van der Waals surface area contributed by atoms with E-state index in [1.165, 1.54) is 57.8 Å². The Morgan fingerprint density at radius 1 is 1.00 bits per heavy atom. The second kappa shape index (κ2) is 24.1. The number of aliphatic hydroxyl groups excluding tert-OH is 1. The summed E-state index contributed by atoms with van der Waals surface area (Å²) in [6.07, 6.45) is 0.499. The fourth-order valence-electron chi connectivity index (χ4n) is 10.5. The number of aryl methyl sites for hydroxylation is 3. The van der Waals surface area contributed by atoms with Crippen molar-refractivity contribution in [3.05, 3.63) is 153 Å². The van der Waals surface area contributed by atoms with Gasteiger partial charge in [-0.25, -0.2) is 19.6 Å². The summed E-state index contributed by atoms with van der Waals surface area (Å²) in [6.45, 7) is 11.3. The van der Waals surface area contributed by atoms with Crippen molar-refractivity contribution in [2.24, 2.45) is 12.8 Å². The summed E-state index contributed by atoms with van der Waals surface area (Å²) in [5, 5.41) is 39.0. The van der Waals surface area contributed by atoms with E-state index in [1.807, 2.05) is 32.9 Å². The number of pyridine rings is 2. The number of aromatic nitrogens is 6. The molecule has 10 rings (SSSR count). The van der Waals surface area contributed by atoms with Crippen LogP contribution in [-0.4, -0.2) is 113 Å². The zero-order valence-corrected chi connectivity index (χ0v) is 47.8. The van der Waals surface area contributed by atoms with E-state index in [4.69, 9.17) is 33.8 Å². The number of phenolic OH excluding ortho intramolecular Hbond substituents is 1. The summed E-state index contributed by atoms with van der Waals surface area (Å²) in [5.41, 5.74) is 7.39. The number of hydrogen-bond acceptors (Lipinski definition) is 17. The van der Waals surface area contributed by atoms with Crippen LogP contribution in [0.25, 0.3) is 33.0 Å². The average Bonchev–Trinajstić information content (AvgIpc) is 2.41. The van der Waals surface area contributed by atoms with E-state index in [1.54, 1.807) is 73.4 Å². The molecule has 2 aliphatic heterocycles. The van der Waals surface area contributed by atoms with E-state index in [-0.39, 0.29) is 51.6 Å². The lowest BCUT2D eigenvalue weighted by molar-refractivity contribution is -0.304. The highest BCUT2D eigenvalue weighted by atomic mass is 19.4. The zero-order valence-electron chi connectivity index (χ0n) is 47.8. The fraction of sp³-hybridized carbons (Fsp3) is 0.333. The van der Waals surface area contributed by atoms with Crippen LogP contribution in [0.3, 0.4) is 0 Å². The third-order valence-corrected chi connectivity index (χ3v) is 14.6. The molecule has 8 aromatic rings. The highest BCUT2D eigenvalue weighted by molar-refractivity contribution is 6.13.